The highest BCUT2D eigenvalue weighted by Gasteiger charge is 2.38. The van der Waals surface area contributed by atoms with Crippen molar-refractivity contribution in [3.63, 3.8) is 0 Å². The van der Waals surface area contributed by atoms with Crippen LogP contribution in [0.3, 0.4) is 0 Å². The number of nitrogens with one attached hydrogen (secondary N) is 3. The van der Waals surface area contributed by atoms with Crippen LogP contribution in [0.5, 0.6) is 5.75 Å². The quantitative estimate of drug-likeness (QED) is 0.225. The SMILES string of the molecule is C=CC1Oc2c(NC(=O)Nc3ccc(C)cc3)cc(-c3ccccc3-c3nn[nH]n3)cc2C1CCC(F)(F)F. The predicted molar refractivity (Wildman–Crippen MR) is 142 cm³/mol. The van der Waals surface area contributed by atoms with Crippen LogP contribution in [0.2, 0.25) is 0 Å². The topological polar surface area (TPSA) is 105 Å². The van der Waals surface area contributed by atoms with Crippen molar-refractivity contribution in [2.45, 2.75) is 38.0 Å². The molecule has 1 aromatic heterocycles. The van der Waals surface area contributed by atoms with Crippen LogP contribution in [0.15, 0.2) is 73.3 Å². The number of H-pyrrole nitrogens is 1. The van der Waals surface area contributed by atoms with Gasteiger partial charge in [0.2, 0.25) is 5.82 Å². The zero-order valence-corrected chi connectivity index (χ0v) is 20.9. The van der Waals surface area contributed by atoms with Gasteiger partial charge in [0.15, 0.2) is 0 Å². The van der Waals surface area contributed by atoms with Gasteiger partial charge in [-0.15, -0.1) is 10.2 Å². The lowest BCUT2D eigenvalue weighted by Crippen LogP contribution is -2.20. The number of aromatic nitrogens is 4. The molecule has 11 heteroatoms. The molecule has 2 heterocycles. The molecule has 2 unspecified atom stereocenters. The van der Waals surface area contributed by atoms with E-state index in [9.17, 15) is 18.0 Å². The second-order valence-electron chi connectivity index (χ2n) is 9.25. The van der Waals surface area contributed by atoms with E-state index in [-0.39, 0.29) is 6.42 Å². The first kappa shape index (κ1) is 26.0. The Bertz CT molecular complexity index is 1490. The third-order valence-electron chi connectivity index (χ3n) is 6.52. The van der Waals surface area contributed by atoms with Gasteiger partial charge in [-0.1, -0.05) is 54.6 Å². The molecule has 39 heavy (non-hydrogen) atoms. The summed E-state index contributed by atoms with van der Waals surface area (Å²) in [6.07, 6.45) is -4.70. The van der Waals surface area contributed by atoms with E-state index >= 15 is 0 Å². The van der Waals surface area contributed by atoms with E-state index in [4.69, 9.17) is 4.74 Å². The van der Waals surface area contributed by atoms with Gasteiger partial charge in [0.05, 0.1) is 5.69 Å². The molecule has 0 spiro atoms. The lowest BCUT2D eigenvalue weighted by Gasteiger charge is -2.17. The smallest absolute Gasteiger partial charge is 0.389 e. The molecule has 1 aliphatic rings. The minimum absolute atomic E-state index is 0.196. The van der Waals surface area contributed by atoms with E-state index < -0.39 is 30.7 Å². The Balaban J connectivity index is 1.57. The number of anilines is 2. The van der Waals surface area contributed by atoms with Crippen molar-refractivity contribution < 1.29 is 22.7 Å². The van der Waals surface area contributed by atoms with Gasteiger partial charge in [-0.05, 0) is 54.0 Å². The molecule has 0 aliphatic carbocycles. The molecule has 0 bridgehead atoms. The van der Waals surface area contributed by atoms with Crippen molar-refractivity contribution >= 4 is 17.4 Å². The summed E-state index contributed by atoms with van der Waals surface area (Å²) in [5.74, 6) is 0.0515. The highest BCUT2D eigenvalue weighted by molar-refractivity contribution is 6.01. The minimum Gasteiger partial charge on any atom is -0.483 e. The van der Waals surface area contributed by atoms with Crippen molar-refractivity contribution in [2.24, 2.45) is 0 Å². The fourth-order valence-corrected chi connectivity index (χ4v) is 4.68. The molecule has 1 aliphatic heterocycles. The number of amides is 2. The second kappa shape index (κ2) is 10.6. The number of ether oxygens (including phenoxy) is 1. The fraction of sp³-hybridized carbons (Fsp3) is 0.214. The second-order valence-corrected chi connectivity index (χ2v) is 9.25. The highest BCUT2D eigenvalue weighted by atomic mass is 19.4. The number of hydrogen-bond donors (Lipinski definition) is 3. The van der Waals surface area contributed by atoms with Crippen molar-refractivity contribution in [3.05, 3.63) is 84.4 Å². The molecule has 200 valence electrons. The number of carbonyl (C=O) groups excluding carboxylic acids is 1. The molecular weight excluding hydrogens is 509 g/mol. The van der Waals surface area contributed by atoms with E-state index in [1.54, 1.807) is 24.3 Å². The Labute approximate surface area is 222 Å². The third-order valence-corrected chi connectivity index (χ3v) is 6.52. The molecule has 0 radical (unpaired) electrons. The number of rotatable bonds is 7. The molecule has 0 fully saturated rings. The Morgan fingerprint density at radius 2 is 1.85 bits per heavy atom. The summed E-state index contributed by atoms with van der Waals surface area (Å²) < 4.78 is 45.7. The van der Waals surface area contributed by atoms with Gasteiger partial charge in [0, 0.05) is 29.2 Å². The number of hydrogen-bond acceptors (Lipinski definition) is 5. The largest absolute Gasteiger partial charge is 0.483 e. The van der Waals surface area contributed by atoms with Gasteiger partial charge in [-0.3, -0.25) is 0 Å². The summed E-state index contributed by atoms with van der Waals surface area (Å²) in [4.78, 5) is 13.0. The van der Waals surface area contributed by atoms with Crippen molar-refractivity contribution in [3.8, 4) is 28.3 Å². The molecule has 2 amide bonds. The molecule has 5 rings (SSSR count). The van der Waals surface area contributed by atoms with Crippen molar-refractivity contribution in [1.82, 2.24) is 20.6 Å². The molecule has 2 atom stereocenters. The van der Waals surface area contributed by atoms with Gasteiger partial charge in [-0.2, -0.15) is 18.4 Å². The number of halogens is 3. The average molecular weight is 535 g/mol. The molecule has 3 N–H and O–H groups in total. The number of benzene rings is 3. The summed E-state index contributed by atoms with van der Waals surface area (Å²) in [5.41, 5.74) is 4.51. The van der Waals surface area contributed by atoms with Gasteiger partial charge in [-0.25, -0.2) is 4.79 Å². The number of carbonyl (C=O) groups is 1. The lowest BCUT2D eigenvalue weighted by molar-refractivity contribution is -0.136. The summed E-state index contributed by atoms with van der Waals surface area (Å²) in [7, 11) is 0. The zero-order chi connectivity index (χ0) is 27.6. The molecule has 0 saturated carbocycles. The average Bonchev–Trinajstić information content (AvgIpc) is 3.56. The van der Waals surface area contributed by atoms with Crippen LogP contribution in [0, 0.1) is 6.92 Å². The molecule has 3 aromatic carbocycles. The maximum atomic E-state index is 13.2. The minimum atomic E-state index is -4.33. The number of alkyl halides is 3. The van der Waals surface area contributed by atoms with Crippen LogP contribution in [0.1, 0.15) is 29.9 Å². The molecule has 0 saturated heterocycles. The lowest BCUT2D eigenvalue weighted by atomic mass is 9.87. The van der Waals surface area contributed by atoms with Crippen LogP contribution in [-0.4, -0.2) is 38.9 Å². The number of tetrazole rings is 1. The summed E-state index contributed by atoms with van der Waals surface area (Å²) in [6, 6.07) is 17.6. The summed E-state index contributed by atoms with van der Waals surface area (Å²) >= 11 is 0. The van der Waals surface area contributed by atoms with Crippen LogP contribution in [-0.2, 0) is 0 Å². The Hall–Kier alpha value is -4.67. The number of aryl methyl sites for hydroxylation is 1. The fourth-order valence-electron chi connectivity index (χ4n) is 4.68. The first-order valence-corrected chi connectivity index (χ1v) is 12.2. The number of fused-ring (bicyclic) bond motifs is 1. The van der Waals surface area contributed by atoms with Crippen LogP contribution in [0.4, 0.5) is 29.3 Å². The maximum absolute atomic E-state index is 13.2. The standard InChI is InChI=1S/C28H25F3N6O2/c1-3-24-20(12-13-28(29,30)31)22-14-17(19-6-4-5-7-21(19)26-34-36-37-35-26)15-23(25(22)39-24)33-27(38)32-18-10-8-16(2)9-11-18/h3-11,14-15,20,24H,1,12-13H2,2H3,(H2,32,33,38)(H,34,35,36,37). The van der Waals surface area contributed by atoms with Gasteiger partial charge in [0.1, 0.15) is 11.9 Å². The third kappa shape index (κ3) is 5.77. The maximum Gasteiger partial charge on any atom is 0.389 e. The van der Waals surface area contributed by atoms with Gasteiger partial charge in [0.25, 0.3) is 0 Å². The first-order chi connectivity index (χ1) is 18.7. The predicted octanol–water partition coefficient (Wildman–Crippen LogP) is 6.86. The Morgan fingerprint density at radius 3 is 2.51 bits per heavy atom. The van der Waals surface area contributed by atoms with Crippen molar-refractivity contribution in [2.75, 3.05) is 10.6 Å². The van der Waals surface area contributed by atoms with Crippen LogP contribution < -0.4 is 15.4 Å². The number of urea groups is 1. The van der Waals surface area contributed by atoms with E-state index in [2.05, 4.69) is 37.8 Å². The van der Waals surface area contributed by atoms with E-state index in [1.807, 2.05) is 43.3 Å². The monoisotopic (exact) mass is 534 g/mol. The van der Waals surface area contributed by atoms with E-state index in [1.165, 1.54) is 6.08 Å². The van der Waals surface area contributed by atoms with Gasteiger partial charge < -0.3 is 15.4 Å². The molecule has 8 nitrogen and oxygen atoms in total. The zero-order valence-electron chi connectivity index (χ0n) is 20.9. The number of nitrogens with zero attached hydrogens (tertiary/aromatic N) is 3. The van der Waals surface area contributed by atoms with Gasteiger partial charge >= 0.3 is 12.2 Å². The van der Waals surface area contributed by atoms with E-state index in [0.29, 0.717) is 45.2 Å². The highest BCUT2D eigenvalue weighted by Crippen LogP contribution is 2.49. The Kier molecular flexibility index (Phi) is 7.05. The van der Waals surface area contributed by atoms with Crippen LogP contribution >= 0.6 is 0 Å². The normalized spacial score (nSPS) is 16.3. The molecule has 4 aromatic rings. The summed E-state index contributed by atoms with van der Waals surface area (Å²) in [6.45, 7) is 5.71. The first-order valence-electron chi connectivity index (χ1n) is 12.2. The van der Waals surface area contributed by atoms with E-state index in [0.717, 1.165) is 5.56 Å². The summed E-state index contributed by atoms with van der Waals surface area (Å²) in [5, 5.41) is 19.8. The van der Waals surface area contributed by atoms with Crippen LogP contribution in [0.25, 0.3) is 22.5 Å². The number of aromatic amines is 1. The molecular formula is C28H25F3N6O2. The van der Waals surface area contributed by atoms with Crippen molar-refractivity contribution in [1.29, 1.82) is 0 Å². The Morgan fingerprint density at radius 1 is 1.10 bits per heavy atom.